The molecule has 1 atom stereocenters. The van der Waals surface area contributed by atoms with E-state index in [2.05, 4.69) is 5.32 Å². The number of hydrogen-bond acceptors (Lipinski definition) is 2. The summed E-state index contributed by atoms with van der Waals surface area (Å²) in [6.07, 6.45) is 5.99. The first kappa shape index (κ1) is 7.56. The van der Waals surface area contributed by atoms with Crippen LogP contribution in [-0.2, 0) is 0 Å². The zero-order chi connectivity index (χ0) is 7.73. The minimum atomic E-state index is -0.337. The third kappa shape index (κ3) is 1.30. The van der Waals surface area contributed by atoms with Gasteiger partial charge in [-0.3, -0.25) is 0 Å². The van der Waals surface area contributed by atoms with Crippen LogP contribution in [0.1, 0.15) is 32.1 Å². The van der Waals surface area contributed by atoms with Crippen LogP contribution in [0, 0.1) is 5.92 Å². The van der Waals surface area contributed by atoms with Gasteiger partial charge in [-0.05, 0) is 38.1 Å². The molecule has 0 aromatic heterocycles. The van der Waals surface area contributed by atoms with Crippen molar-refractivity contribution in [2.24, 2.45) is 5.92 Å². The van der Waals surface area contributed by atoms with Crippen molar-refractivity contribution in [3.8, 4) is 0 Å². The summed E-state index contributed by atoms with van der Waals surface area (Å²) in [6.45, 7) is 1.92. The van der Waals surface area contributed by atoms with Crippen LogP contribution >= 0.6 is 0 Å². The van der Waals surface area contributed by atoms with Crippen LogP contribution in [0.15, 0.2) is 0 Å². The number of β-amino-alcohol motifs (C(OH)–C–C–N with tert-alkyl or cyclic N) is 1. The number of aliphatic hydroxyl groups is 1. The fourth-order valence-electron chi connectivity index (χ4n) is 2.21. The van der Waals surface area contributed by atoms with Crippen LogP contribution in [0.5, 0.6) is 0 Å². The van der Waals surface area contributed by atoms with Gasteiger partial charge in [-0.25, -0.2) is 0 Å². The van der Waals surface area contributed by atoms with Gasteiger partial charge >= 0.3 is 0 Å². The molecule has 1 saturated heterocycles. The third-order valence-electron chi connectivity index (χ3n) is 3.26. The van der Waals surface area contributed by atoms with E-state index in [1.54, 1.807) is 0 Å². The summed E-state index contributed by atoms with van der Waals surface area (Å²) >= 11 is 0. The lowest BCUT2D eigenvalue weighted by Gasteiger charge is -2.44. The van der Waals surface area contributed by atoms with Crippen LogP contribution in [0.25, 0.3) is 0 Å². The van der Waals surface area contributed by atoms with Crippen molar-refractivity contribution in [1.82, 2.24) is 5.32 Å². The Morgan fingerprint density at radius 1 is 1.27 bits per heavy atom. The van der Waals surface area contributed by atoms with Crippen molar-refractivity contribution in [1.29, 1.82) is 0 Å². The van der Waals surface area contributed by atoms with Crippen molar-refractivity contribution in [3.63, 3.8) is 0 Å². The molecule has 0 aromatic carbocycles. The SMILES string of the molecule is OC1(C2CCC2)CCCNC1. The van der Waals surface area contributed by atoms with E-state index in [9.17, 15) is 5.11 Å². The molecule has 1 aliphatic heterocycles. The van der Waals surface area contributed by atoms with E-state index < -0.39 is 0 Å². The first-order chi connectivity index (χ1) is 5.31. The molecule has 2 fully saturated rings. The first-order valence-corrected chi connectivity index (χ1v) is 4.74. The van der Waals surface area contributed by atoms with Crippen molar-refractivity contribution < 1.29 is 5.11 Å². The highest BCUT2D eigenvalue weighted by Crippen LogP contribution is 2.39. The average Bonchev–Trinajstić information content (AvgIpc) is 1.83. The molecule has 1 unspecified atom stereocenters. The maximum Gasteiger partial charge on any atom is 0.0800 e. The normalized spacial score (nSPS) is 40.1. The molecule has 0 spiro atoms. The molecule has 2 rings (SSSR count). The van der Waals surface area contributed by atoms with E-state index in [0.29, 0.717) is 5.92 Å². The Morgan fingerprint density at radius 2 is 2.09 bits per heavy atom. The number of rotatable bonds is 1. The van der Waals surface area contributed by atoms with Gasteiger partial charge in [0, 0.05) is 6.54 Å². The van der Waals surface area contributed by atoms with Crippen LogP contribution in [0.3, 0.4) is 0 Å². The molecule has 0 bridgehead atoms. The summed E-state index contributed by atoms with van der Waals surface area (Å²) in [4.78, 5) is 0. The Kier molecular flexibility index (Phi) is 1.90. The fourth-order valence-corrected chi connectivity index (χ4v) is 2.21. The summed E-state index contributed by atoms with van der Waals surface area (Å²) in [5.74, 6) is 0.607. The first-order valence-electron chi connectivity index (χ1n) is 4.74. The Morgan fingerprint density at radius 3 is 2.55 bits per heavy atom. The van der Waals surface area contributed by atoms with Crippen molar-refractivity contribution in [3.05, 3.63) is 0 Å². The molecule has 0 radical (unpaired) electrons. The van der Waals surface area contributed by atoms with E-state index in [-0.39, 0.29) is 5.60 Å². The molecule has 2 nitrogen and oxygen atoms in total. The smallest absolute Gasteiger partial charge is 0.0800 e. The van der Waals surface area contributed by atoms with Crippen LogP contribution in [0.4, 0.5) is 0 Å². The molecule has 1 saturated carbocycles. The molecule has 64 valence electrons. The lowest BCUT2D eigenvalue weighted by Crippen LogP contribution is -2.52. The number of hydrogen-bond donors (Lipinski definition) is 2. The predicted molar refractivity (Wildman–Crippen MR) is 44.4 cm³/mol. The highest BCUT2D eigenvalue weighted by molar-refractivity contribution is 4.94. The van der Waals surface area contributed by atoms with E-state index >= 15 is 0 Å². The van der Waals surface area contributed by atoms with Gasteiger partial charge in [0.2, 0.25) is 0 Å². The van der Waals surface area contributed by atoms with Gasteiger partial charge in [0.15, 0.2) is 0 Å². The van der Waals surface area contributed by atoms with Gasteiger partial charge in [0.1, 0.15) is 0 Å². The molecule has 2 heteroatoms. The standard InChI is InChI=1S/C9H17NO/c11-9(8-3-1-4-8)5-2-6-10-7-9/h8,10-11H,1-7H2. The minimum absolute atomic E-state index is 0.337. The molecule has 0 aromatic rings. The largest absolute Gasteiger partial charge is 0.388 e. The van der Waals surface area contributed by atoms with Gasteiger partial charge in [-0.15, -0.1) is 0 Å². The lowest BCUT2D eigenvalue weighted by atomic mass is 9.70. The molecule has 0 amide bonds. The van der Waals surface area contributed by atoms with E-state index in [4.69, 9.17) is 0 Å². The van der Waals surface area contributed by atoms with Crippen molar-refractivity contribution >= 4 is 0 Å². The maximum absolute atomic E-state index is 10.1. The second-order valence-corrected chi connectivity index (χ2v) is 4.01. The molecule has 2 N–H and O–H groups in total. The Bertz CT molecular complexity index is 136. The molecule has 1 heterocycles. The summed E-state index contributed by atoms with van der Waals surface area (Å²) in [5, 5.41) is 13.4. The summed E-state index contributed by atoms with van der Waals surface area (Å²) < 4.78 is 0. The average molecular weight is 155 g/mol. The Hall–Kier alpha value is -0.0800. The van der Waals surface area contributed by atoms with Crippen LogP contribution in [0.2, 0.25) is 0 Å². The molecule has 2 aliphatic rings. The summed E-state index contributed by atoms with van der Waals surface area (Å²) in [7, 11) is 0. The van der Waals surface area contributed by atoms with Gasteiger partial charge in [0.25, 0.3) is 0 Å². The summed E-state index contributed by atoms with van der Waals surface area (Å²) in [6, 6.07) is 0. The maximum atomic E-state index is 10.1. The lowest BCUT2D eigenvalue weighted by molar-refractivity contribution is -0.0658. The van der Waals surface area contributed by atoms with Gasteiger partial charge in [0.05, 0.1) is 5.60 Å². The van der Waals surface area contributed by atoms with Crippen LogP contribution in [-0.4, -0.2) is 23.8 Å². The second-order valence-electron chi connectivity index (χ2n) is 4.01. The van der Waals surface area contributed by atoms with Gasteiger partial charge in [-0.2, -0.15) is 0 Å². The highest BCUT2D eigenvalue weighted by Gasteiger charge is 2.40. The number of nitrogens with one attached hydrogen (secondary N) is 1. The highest BCUT2D eigenvalue weighted by atomic mass is 16.3. The van der Waals surface area contributed by atoms with E-state index in [0.717, 1.165) is 25.9 Å². The zero-order valence-electron chi connectivity index (χ0n) is 6.97. The quantitative estimate of drug-likeness (QED) is 0.589. The Labute approximate surface area is 68.0 Å². The second kappa shape index (κ2) is 2.76. The monoisotopic (exact) mass is 155 g/mol. The zero-order valence-corrected chi connectivity index (χ0v) is 6.97. The topological polar surface area (TPSA) is 32.3 Å². The fraction of sp³-hybridized carbons (Fsp3) is 1.00. The molecule has 1 aliphatic carbocycles. The Balaban J connectivity index is 1.94. The third-order valence-corrected chi connectivity index (χ3v) is 3.26. The number of piperidine rings is 1. The van der Waals surface area contributed by atoms with Gasteiger partial charge in [-0.1, -0.05) is 6.42 Å². The summed E-state index contributed by atoms with van der Waals surface area (Å²) in [5.41, 5.74) is -0.337. The van der Waals surface area contributed by atoms with Gasteiger partial charge < -0.3 is 10.4 Å². The van der Waals surface area contributed by atoms with E-state index in [1.807, 2.05) is 0 Å². The van der Waals surface area contributed by atoms with Crippen molar-refractivity contribution in [2.75, 3.05) is 13.1 Å². The van der Waals surface area contributed by atoms with Crippen molar-refractivity contribution in [2.45, 2.75) is 37.7 Å². The van der Waals surface area contributed by atoms with Crippen LogP contribution < -0.4 is 5.32 Å². The minimum Gasteiger partial charge on any atom is -0.388 e. The predicted octanol–water partition coefficient (Wildman–Crippen LogP) is 0.901. The van der Waals surface area contributed by atoms with E-state index in [1.165, 1.54) is 19.3 Å². The molecular weight excluding hydrogens is 138 g/mol. The molecular formula is C9H17NO. The molecule has 11 heavy (non-hydrogen) atoms.